The quantitative estimate of drug-likeness (QED) is 0.302. The monoisotopic (exact) mass is 449 g/mol. The zero-order valence-corrected chi connectivity index (χ0v) is 17.8. The Hall–Kier alpha value is -4.91. The fraction of sp³-hybridized carbons (Fsp3) is 0. The standard InChI is InChI=1S/C27H19N3O4/c31-26(32)20-10-13-22(14-11-20)28-25-24(29-23-15-12-21(27(33)34)16-30(23)25)19-8-6-18(7-9-19)17-4-2-1-3-5-17/h1-16,28H,(H,31,32)(H,33,34). The van der Waals surface area contributed by atoms with Crippen LogP contribution >= 0.6 is 0 Å². The van der Waals surface area contributed by atoms with E-state index in [1.807, 2.05) is 54.6 Å². The molecule has 3 aromatic carbocycles. The lowest BCUT2D eigenvalue weighted by atomic mass is 10.0. The number of carboxylic acids is 2. The van der Waals surface area contributed by atoms with Crippen LogP contribution in [0, 0.1) is 0 Å². The number of nitrogens with one attached hydrogen (secondary N) is 1. The number of rotatable bonds is 6. The molecule has 0 aliphatic heterocycles. The number of hydrogen-bond acceptors (Lipinski definition) is 4. The molecule has 0 radical (unpaired) electrons. The third-order valence-corrected chi connectivity index (χ3v) is 5.53. The maximum Gasteiger partial charge on any atom is 0.337 e. The second-order valence-corrected chi connectivity index (χ2v) is 7.71. The Morgan fingerprint density at radius 1 is 0.676 bits per heavy atom. The molecule has 5 aromatic rings. The molecular formula is C27H19N3O4. The van der Waals surface area contributed by atoms with E-state index in [2.05, 4.69) is 5.32 Å². The molecule has 34 heavy (non-hydrogen) atoms. The fourth-order valence-corrected chi connectivity index (χ4v) is 3.78. The Morgan fingerprint density at radius 2 is 1.26 bits per heavy atom. The lowest BCUT2D eigenvalue weighted by Gasteiger charge is -2.10. The van der Waals surface area contributed by atoms with Crippen LogP contribution in [-0.2, 0) is 0 Å². The van der Waals surface area contributed by atoms with Gasteiger partial charge in [0.25, 0.3) is 0 Å². The highest BCUT2D eigenvalue weighted by atomic mass is 16.4. The summed E-state index contributed by atoms with van der Waals surface area (Å²) in [4.78, 5) is 27.5. The minimum absolute atomic E-state index is 0.125. The summed E-state index contributed by atoms with van der Waals surface area (Å²) in [6.07, 6.45) is 1.51. The molecule has 5 rings (SSSR count). The van der Waals surface area contributed by atoms with Gasteiger partial charge in [-0.25, -0.2) is 14.6 Å². The van der Waals surface area contributed by atoms with E-state index in [4.69, 9.17) is 10.1 Å². The summed E-state index contributed by atoms with van der Waals surface area (Å²) < 4.78 is 1.69. The molecule has 166 valence electrons. The molecule has 0 bridgehead atoms. The number of carboxylic acid groups (broad SMARTS) is 2. The first-order valence-electron chi connectivity index (χ1n) is 10.5. The molecule has 7 nitrogen and oxygen atoms in total. The second kappa shape index (κ2) is 8.55. The van der Waals surface area contributed by atoms with Crippen LogP contribution < -0.4 is 5.32 Å². The van der Waals surface area contributed by atoms with Crippen LogP contribution in [0.15, 0.2) is 97.2 Å². The van der Waals surface area contributed by atoms with Crippen LogP contribution in [0.25, 0.3) is 28.0 Å². The third-order valence-electron chi connectivity index (χ3n) is 5.53. The summed E-state index contributed by atoms with van der Waals surface area (Å²) in [6, 6.07) is 27.5. The lowest BCUT2D eigenvalue weighted by Crippen LogP contribution is -2.02. The molecule has 0 amide bonds. The van der Waals surface area contributed by atoms with E-state index in [1.165, 1.54) is 24.4 Å². The van der Waals surface area contributed by atoms with Crippen LogP contribution in [0.4, 0.5) is 11.5 Å². The average molecular weight is 449 g/mol. The first kappa shape index (κ1) is 21.0. The number of anilines is 2. The number of aromatic carboxylic acids is 2. The van der Waals surface area contributed by atoms with Crippen molar-refractivity contribution < 1.29 is 19.8 Å². The minimum Gasteiger partial charge on any atom is -0.478 e. The van der Waals surface area contributed by atoms with Crippen LogP contribution in [0.1, 0.15) is 20.7 Å². The number of benzene rings is 3. The number of carbonyl (C=O) groups is 2. The van der Waals surface area contributed by atoms with E-state index in [0.717, 1.165) is 16.7 Å². The van der Waals surface area contributed by atoms with E-state index in [1.54, 1.807) is 22.6 Å². The molecular weight excluding hydrogens is 430 g/mol. The van der Waals surface area contributed by atoms with Crippen LogP contribution in [-0.4, -0.2) is 31.5 Å². The first-order chi connectivity index (χ1) is 16.5. The van der Waals surface area contributed by atoms with Crippen molar-refractivity contribution in [2.24, 2.45) is 0 Å². The SMILES string of the molecule is O=C(O)c1ccc(Nc2c(-c3ccc(-c4ccccc4)cc3)nc3ccc(C(=O)O)cn23)cc1. The molecule has 2 heterocycles. The van der Waals surface area contributed by atoms with E-state index >= 15 is 0 Å². The number of imidazole rings is 1. The van der Waals surface area contributed by atoms with Gasteiger partial charge in [-0.3, -0.25) is 4.40 Å². The van der Waals surface area contributed by atoms with Gasteiger partial charge in [0.05, 0.1) is 11.1 Å². The number of hydrogen-bond donors (Lipinski definition) is 3. The van der Waals surface area contributed by atoms with Gasteiger partial charge in [0, 0.05) is 17.4 Å². The van der Waals surface area contributed by atoms with E-state index in [-0.39, 0.29) is 11.1 Å². The minimum atomic E-state index is -1.04. The summed E-state index contributed by atoms with van der Waals surface area (Å²) in [5, 5.41) is 21.9. The summed E-state index contributed by atoms with van der Waals surface area (Å²) in [5.74, 6) is -1.47. The smallest absolute Gasteiger partial charge is 0.337 e. The zero-order chi connectivity index (χ0) is 23.7. The molecule has 2 aromatic heterocycles. The van der Waals surface area contributed by atoms with Crippen LogP contribution in [0.5, 0.6) is 0 Å². The number of aromatic nitrogens is 2. The van der Waals surface area contributed by atoms with Gasteiger partial charge in [-0.1, -0.05) is 54.6 Å². The van der Waals surface area contributed by atoms with Gasteiger partial charge in [-0.15, -0.1) is 0 Å². The summed E-state index contributed by atoms with van der Waals surface area (Å²) in [7, 11) is 0. The van der Waals surface area contributed by atoms with Gasteiger partial charge >= 0.3 is 11.9 Å². The Morgan fingerprint density at radius 3 is 1.91 bits per heavy atom. The predicted molar refractivity (Wildman–Crippen MR) is 130 cm³/mol. The van der Waals surface area contributed by atoms with Crippen LogP contribution in [0.3, 0.4) is 0 Å². The van der Waals surface area contributed by atoms with Gasteiger partial charge in [-0.05, 0) is 47.5 Å². The topological polar surface area (TPSA) is 104 Å². The normalized spacial score (nSPS) is 10.8. The van der Waals surface area contributed by atoms with Gasteiger partial charge in [-0.2, -0.15) is 0 Å². The molecule has 0 unspecified atom stereocenters. The van der Waals surface area contributed by atoms with Crippen molar-refractivity contribution in [2.75, 3.05) is 5.32 Å². The predicted octanol–water partition coefficient (Wildman–Crippen LogP) is 5.81. The van der Waals surface area contributed by atoms with E-state index in [9.17, 15) is 14.7 Å². The fourth-order valence-electron chi connectivity index (χ4n) is 3.78. The summed E-state index contributed by atoms with van der Waals surface area (Å²) >= 11 is 0. The van der Waals surface area contributed by atoms with Crippen molar-refractivity contribution in [2.45, 2.75) is 0 Å². The highest BCUT2D eigenvalue weighted by molar-refractivity contribution is 5.90. The van der Waals surface area contributed by atoms with Crippen molar-refractivity contribution in [3.05, 3.63) is 108 Å². The Labute approximate surface area is 194 Å². The van der Waals surface area contributed by atoms with E-state index in [0.29, 0.717) is 22.8 Å². The zero-order valence-electron chi connectivity index (χ0n) is 17.8. The average Bonchev–Trinajstić information content (AvgIpc) is 3.22. The van der Waals surface area contributed by atoms with Gasteiger partial charge in [0.1, 0.15) is 17.2 Å². The molecule has 0 aliphatic rings. The second-order valence-electron chi connectivity index (χ2n) is 7.71. The highest BCUT2D eigenvalue weighted by Gasteiger charge is 2.17. The van der Waals surface area contributed by atoms with E-state index < -0.39 is 11.9 Å². The van der Waals surface area contributed by atoms with Crippen molar-refractivity contribution >= 4 is 29.1 Å². The van der Waals surface area contributed by atoms with Gasteiger partial charge < -0.3 is 15.5 Å². The van der Waals surface area contributed by atoms with Crippen molar-refractivity contribution in [1.82, 2.24) is 9.38 Å². The molecule has 0 fully saturated rings. The van der Waals surface area contributed by atoms with Gasteiger partial charge in [0.15, 0.2) is 0 Å². The summed E-state index contributed by atoms with van der Waals surface area (Å²) in [6.45, 7) is 0. The number of fused-ring (bicyclic) bond motifs is 1. The lowest BCUT2D eigenvalue weighted by molar-refractivity contribution is 0.0686. The highest BCUT2D eigenvalue weighted by Crippen LogP contribution is 2.33. The third kappa shape index (κ3) is 3.98. The first-order valence-corrected chi connectivity index (χ1v) is 10.5. The maximum absolute atomic E-state index is 11.6. The summed E-state index contributed by atoms with van der Waals surface area (Å²) in [5.41, 5.74) is 5.20. The van der Waals surface area contributed by atoms with Gasteiger partial charge in [0.2, 0.25) is 0 Å². The van der Waals surface area contributed by atoms with Crippen molar-refractivity contribution in [1.29, 1.82) is 0 Å². The molecule has 0 aliphatic carbocycles. The Balaban J connectivity index is 1.60. The Kier molecular flexibility index (Phi) is 5.27. The number of nitrogens with zero attached hydrogens (tertiary/aromatic N) is 2. The number of pyridine rings is 1. The molecule has 0 saturated carbocycles. The maximum atomic E-state index is 11.6. The molecule has 3 N–H and O–H groups in total. The largest absolute Gasteiger partial charge is 0.478 e. The molecule has 0 spiro atoms. The molecule has 7 heteroatoms. The Bertz CT molecular complexity index is 1510. The van der Waals surface area contributed by atoms with Crippen LogP contribution in [0.2, 0.25) is 0 Å². The van der Waals surface area contributed by atoms with Crippen molar-refractivity contribution in [3.8, 4) is 22.4 Å². The van der Waals surface area contributed by atoms with Crippen molar-refractivity contribution in [3.63, 3.8) is 0 Å². The molecule has 0 saturated heterocycles. The molecule has 0 atom stereocenters.